The number of rotatable bonds is 12. The maximum atomic E-state index is 17.9. The molecule has 0 bridgehead atoms. The third-order valence-electron chi connectivity index (χ3n) is 13.6. The summed E-state index contributed by atoms with van der Waals surface area (Å²) in [4.78, 5) is 29.4. The van der Waals surface area contributed by atoms with Gasteiger partial charge < -0.3 is 28.7 Å². The molecule has 3 aliphatic rings. The zero-order valence-electron chi connectivity index (χ0n) is 38.9. The highest BCUT2D eigenvalue weighted by Crippen LogP contribution is 2.44. The van der Waals surface area contributed by atoms with E-state index in [1.54, 1.807) is 18.1 Å². The lowest BCUT2D eigenvalue weighted by Gasteiger charge is -2.41. The number of nitrogens with zero attached hydrogens (tertiary/aromatic N) is 6. The van der Waals surface area contributed by atoms with Gasteiger partial charge in [-0.3, -0.25) is 4.90 Å². The summed E-state index contributed by atoms with van der Waals surface area (Å²) in [5.74, 6) is 4.18. The molecule has 336 valence electrons. The first-order chi connectivity index (χ1) is 30.0. The van der Waals surface area contributed by atoms with Gasteiger partial charge in [0.05, 0.1) is 24.1 Å². The molecule has 0 N–H and O–H groups in total. The molecule has 0 unspecified atom stereocenters. The Hall–Kier alpha value is -4.95. The van der Waals surface area contributed by atoms with Gasteiger partial charge in [0.25, 0.3) is 0 Å². The average molecular weight is 877 g/mol. The molecule has 3 fully saturated rings. The van der Waals surface area contributed by atoms with Crippen LogP contribution in [0.25, 0.3) is 32.8 Å². The van der Waals surface area contributed by atoms with Crippen LogP contribution >= 0.6 is 0 Å². The molecule has 3 aromatic carbocycles. The quantitative estimate of drug-likeness (QED) is 0.0774. The topological polar surface area (TPSA) is 113 Å². The van der Waals surface area contributed by atoms with Crippen LogP contribution in [0.3, 0.4) is 0 Å². The van der Waals surface area contributed by atoms with Crippen molar-refractivity contribution < 1.29 is 28.1 Å². The van der Waals surface area contributed by atoms with Gasteiger partial charge in [0.1, 0.15) is 37.4 Å². The van der Waals surface area contributed by atoms with Crippen molar-refractivity contribution in [2.45, 2.75) is 128 Å². The largest absolute Gasteiger partial charge is 0.468 e. The molecular formula is C50H65FN6O5Si. The van der Waals surface area contributed by atoms with Gasteiger partial charge in [-0.05, 0) is 111 Å². The molecule has 4 aromatic rings. The highest BCUT2D eigenvalue weighted by Gasteiger charge is 2.45. The molecule has 1 aromatic heterocycles. The van der Waals surface area contributed by atoms with Gasteiger partial charge in [0.2, 0.25) is 0 Å². The number of hydrogen-bond acceptors (Lipinski definition) is 10. The maximum absolute atomic E-state index is 17.9. The number of halogens is 1. The molecule has 7 rings (SSSR count). The standard InChI is InChI=1S/C50H65FN6O5Si/c1-33(2)63(34(3)4,35(5)6)27-19-36-14-11-15-37-28-39(61-32-59-10)29-42(43(36)37)40-16-17-41-45(44(40)51)53-47(60-31-50-20-12-23-56(50)24-13-21-50)54-46(41)55-25-26-57(38(30-55)18-22-52)48(58)62-49(7,8)9/h11,14-17,28-29,33-35,38H,12-13,18,20-21,23-26,30-32H2,1-10H3/t38-/m0/s1. The molecule has 13 heteroatoms. The lowest BCUT2D eigenvalue weighted by molar-refractivity contribution is 0.0145. The summed E-state index contributed by atoms with van der Waals surface area (Å²) in [5, 5.41) is 12.1. The van der Waals surface area contributed by atoms with Gasteiger partial charge in [-0.15, -0.1) is 5.54 Å². The van der Waals surface area contributed by atoms with Crippen LogP contribution in [0.1, 0.15) is 100.0 Å². The minimum atomic E-state index is -2.12. The number of anilines is 1. The first-order valence-corrected chi connectivity index (χ1v) is 25.0. The minimum Gasteiger partial charge on any atom is -0.468 e. The number of amides is 1. The summed E-state index contributed by atoms with van der Waals surface area (Å²) in [6.45, 7) is 22.8. The van der Waals surface area contributed by atoms with Crippen LogP contribution in [0.2, 0.25) is 16.6 Å². The second-order valence-electron chi connectivity index (χ2n) is 19.6. The molecule has 0 aliphatic carbocycles. The second-order valence-corrected chi connectivity index (χ2v) is 25.1. The third-order valence-corrected chi connectivity index (χ3v) is 19.9. The van der Waals surface area contributed by atoms with Crippen LogP contribution < -0.4 is 14.4 Å². The number of benzene rings is 3. The van der Waals surface area contributed by atoms with Crippen LogP contribution in [-0.2, 0) is 9.47 Å². The van der Waals surface area contributed by atoms with E-state index in [1.807, 2.05) is 62.1 Å². The van der Waals surface area contributed by atoms with Gasteiger partial charge >= 0.3 is 12.1 Å². The highest BCUT2D eigenvalue weighted by molar-refractivity contribution is 6.90. The van der Waals surface area contributed by atoms with Crippen molar-refractivity contribution in [2.24, 2.45) is 0 Å². The molecule has 1 amide bonds. The average Bonchev–Trinajstić information content (AvgIpc) is 3.82. The van der Waals surface area contributed by atoms with E-state index in [9.17, 15) is 10.1 Å². The molecule has 4 heterocycles. The number of carbonyl (C=O) groups excluding carboxylic acids is 1. The number of nitriles is 1. The van der Waals surface area contributed by atoms with E-state index in [0.717, 1.165) is 55.1 Å². The van der Waals surface area contributed by atoms with Crippen molar-refractivity contribution in [1.29, 1.82) is 5.26 Å². The van der Waals surface area contributed by atoms with Crippen molar-refractivity contribution in [3.05, 3.63) is 53.8 Å². The number of ether oxygens (including phenoxy) is 4. The first-order valence-electron chi connectivity index (χ1n) is 22.7. The Labute approximate surface area is 374 Å². The fourth-order valence-corrected chi connectivity index (χ4v) is 15.9. The van der Waals surface area contributed by atoms with E-state index in [0.29, 0.717) is 70.9 Å². The molecule has 3 saturated heterocycles. The summed E-state index contributed by atoms with van der Waals surface area (Å²) in [5.41, 5.74) is 6.36. The zero-order chi connectivity index (χ0) is 45.3. The van der Waals surface area contributed by atoms with Crippen LogP contribution in [0, 0.1) is 28.6 Å². The van der Waals surface area contributed by atoms with E-state index in [2.05, 4.69) is 64.0 Å². The van der Waals surface area contributed by atoms with E-state index < -0.39 is 31.6 Å². The molecule has 63 heavy (non-hydrogen) atoms. The molecule has 0 radical (unpaired) electrons. The molecule has 11 nitrogen and oxygen atoms in total. The van der Waals surface area contributed by atoms with Gasteiger partial charge in [-0.25, -0.2) is 9.18 Å². The van der Waals surface area contributed by atoms with Gasteiger partial charge in [0.15, 0.2) is 12.6 Å². The van der Waals surface area contributed by atoms with Crippen molar-refractivity contribution in [2.75, 3.05) is 58.1 Å². The Morgan fingerprint density at radius 2 is 1.67 bits per heavy atom. The van der Waals surface area contributed by atoms with Crippen molar-refractivity contribution in [3.63, 3.8) is 0 Å². The summed E-state index contributed by atoms with van der Waals surface area (Å²) in [6.07, 6.45) is 3.90. The minimum absolute atomic E-state index is 0.0279. The number of hydrogen-bond donors (Lipinski definition) is 0. The molecule has 3 aliphatic heterocycles. The molecule has 0 spiro atoms. The Morgan fingerprint density at radius 1 is 0.952 bits per heavy atom. The normalized spacial score (nSPS) is 18.0. The third kappa shape index (κ3) is 9.20. The number of methoxy groups -OCH3 is 1. The van der Waals surface area contributed by atoms with Crippen LogP contribution in [0.15, 0.2) is 42.5 Å². The van der Waals surface area contributed by atoms with E-state index in [4.69, 9.17) is 28.9 Å². The van der Waals surface area contributed by atoms with Gasteiger partial charge in [0, 0.05) is 48.6 Å². The van der Waals surface area contributed by atoms with E-state index in [-0.39, 0.29) is 30.3 Å². The van der Waals surface area contributed by atoms with Gasteiger partial charge in [-0.2, -0.15) is 15.2 Å². The zero-order valence-corrected chi connectivity index (χ0v) is 39.9. The Balaban J connectivity index is 1.39. The Kier molecular flexibility index (Phi) is 13.6. The molecule has 1 atom stereocenters. The Morgan fingerprint density at radius 3 is 2.32 bits per heavy atom. The summed E-state index contributed by atoms with van der Waals surface area (Å²) < 4.78 is 41.5. The van der Waals surface area contributed by atoms with Crippen molar-refractivity contribution in [1.82, 2.24) is 19.8 Å². The number of piperazine rings is 1. The monoisotopic (exact) mass is 876 g/mol. The van der Waals surface area contributed by atoms with Crippen LogP contribution in [0.5, 0.6) is 11.8 Å². The number of fused-ring (bicyclic) bond motifs is 3. The predicted octanol–water partition coefficient (Wildman–Crippen LogP) is 10.5. The SMILES string of the molecule is COCOc1cc(-c2ccc3c(N4CCN(C(=O)OC(C)(C)C)[C@@H](CC#N)C4)nc(OCC45CCCN4CCC5)nc3c2F)c2c(C#C[Si](C(C)C)(C(C)C)C(C)C)cccc2c1. The smallest absolute Gasteiger partial charge is 0.410 e. The van der Waals surface area contributed by atoms with Crippen LogP contribution in [0.4, 0.5) is 15.0 Å². The van der Waals surface area contributed by atoms with Crippen LogP contribution in [-0.4, -0.2) is 104 Å². The number of carbonyl (C=O) groups is 1. The lowest BCUT2D eigenvalue weighted by Crippen LogP contribution is -2.56. The predicted molar refractivity (Wildman–Crippen MR) is 250 cm³/mol. The summed E-state index contributed by atoms with van der Waals surface area (Å²) in [7, 11) is -0.549. The summed E-state index contributed by atoms with van der Waals surface area (Å²) >= 11 is 0. The Bertz CT molecular complexity index is 2400. The summed E-state index contributed by atoms with van der Waals surface area (Å²) in [6, 6.07) is 15.4. The van der Waals surface area contributed by atoms with E-state index >= 15 is 4.39 Å². The highest BCUT2D eigenvalue weighted by atomic mass is 28.3. The second kappa shape index (κ2) is 18.6. The van der Waals surface area contributed by atoms with Gasteiger partial charge in [-0.1, -0.05) is 65.7 Å². The fourth-order valence-electron chi connectivity index (χ4n) is 10.7. The molecule has 0 saturated carbocycles. The van der Waals surface area contributed by atoms with Crippen molar-refractivity contribution >= 4 is 41.7 Å². The number of aromatic nitrogens is 2. The first kappa shape index (κ1) is 46.1. The fraction of sp³-hybridized carbons (Fsp3) is 0.560. The molecular weight excluding hydrogens is 812 g/mol. The van der Waals surface area contributed by atoms with Crippen molar-refractivity contribution in [3.8, 4) is 40.4 Å². The maximum Gasteiger partial charge on any atom is 0.410 e. The van der Waals surface area contributed by atoms with E-state index in [1.165, 1.54) is 0 Å². The lowest BCUT2D eigenvalue weighted by atomic mass is 9.93.